The molecule has 2 atom stereocenters. The molecule has 1 aliphatic rings. The van der Waals surface area contributed by atoms with E-state index >= 15 is 0 Å². The highest BCUT2D eigenvalue weighted by molar-refractivity contribution is 6.30. The molecule has 0 aromatic heterocycles. The first kappa shape index (κ1) is 20.8. The summed E-state index contributed by atoms with van der Waals surface area (Å²) in [5.41, 5.74) is 1.29. The molecule has 1 aromatic carbocycles. The largest absolute Gasteiger partial charge is 0.344 e. The summed E-state index contributed by atoms with van der Waals surface area (Å²) in [4.78, 5) is 27.1. The van der Waals surface area contributed by atoms with Crippen LogP contribution in [0.5, 0.6) is 0 Å². The molecule has 2 amide bonds. The average Bonchev–Trinajstić information content (AvgIpc) is 2.65. The van der Waals surface area contributed by atoms with E-state index in [2.05, 4.69) is 24.4 Å². The van der Waals surface area contributed by atoms with Crippen molar-refractivity contribution in [3.63, 3.8) is 0 Å². The molecule has 1 saturated heterocycles. The number of hydrogen-bond acceptors (Lipinski definition) is 2. The third-order valence-electron chi connectivity index (χ3n) is 5.45. The van der Waals surface area contributed by atoms with Gasteiger partial charge >= 0.3 is 0 Å². The van der Waals surface area contributed by atoms with E-state index in [9.17, 15) is 9.59 Å². The van der Waals surface area contributed by atoms with Crippen molar-refractivity contribution in [1.29, 1.82) is 0 Å². The van der Waals surface area contributed by atoms with Crippen molar-refractivity contribution in [2.24, 2.45) is 11.8 Å². The molecule has 4 nitrogen and oxygen atoms in total. The third-order valence-corrected chi connectivity index (χ3v) is 5.70. The van der Waals surface area contributed by atoms with Crippen molar-refractivity contribution >= 4 is 23.4 Å². The van der Waals surface area contributed by atoms with E-state index in [1.807, 2.05) is 37.8 Å². The fourth-order valence-corrected chi connectivity index (χ4v) is 3.49. The molecule has 144 valence electrons. The van der Waals surface area contributed by atoms with Gasteiger partial charge in [-0.15, -0.1) is 0 Å². The van der Waals surface area contributed by atoms with Crippen LogP contribution in [-0.4, -0.2) is 35.8 Å². The lowest BCUT2D eigenvalue weighted by molar-refractivity contribution is -0.139. The maximum Gasteiger partial charge on any atom is 0.245 e. The molecule has 1 heterocycles. The summed E-state index contributed by atoms with van der Waals surface area (Å²) >= 11 is 5.97. The van der Waals surface area contributed by atoms with Crippen LogP contribution in [0.3, 0.4) is 0 Å². The second-order valence-corrected chi connectivity index (χ2v) is 8.11. The van der Waals surface area contributed by atoms with Crippen molar-refractivity contribution in [1.82, 2.24) is 10.2 Å². The van der Waals surface area contributed by atoms with Crippen molar-refractivity contribution < 1.29 is 9.59 Å². The Hall–Kier alpha value is -1.55. The lowest BCUT2D eigenvalue weighted by Crippen LogP contribution is -2.53. The normalized spacial score (nSPS) is 17.8. The maximum atomic E-state index is 13.0. The third kappa shape index (κ3) is 5.23. The Balaban J connectivity index is 1.99. The Morgan fingerprint density at radius 1 is 1.15 bits per heavy atom. The number of rotatable bonds is 6. The van der Waals surface area contributed by atoms with Crippen LogP contribution >= 0.6 is 11.6 Å². The minimum absolute atomic E-state index is 0.0558. The van der Waals surface area contributed by atoms with E-state index in [1.165, 1.54) is 5.56 Å². The first-order chi connectivity index (χ1) is 12.3. The quantitative estimate of drug-likeness (QED) is 0.805. The molecule has 1 fully saturated rings. The number of benzene rings is 1. The number of likely N-dealkylation sites (tertiary alicyclic amines) is 1. The van der Waals surface area contributed by atoms with Gasteiger partial charge in [-0.3, -0.25) is 9.59 Å². The van der Waals surface area contributed by atoms with Gasteiger partial charge in [0.1, 0.15) is 6.04 Å². The zero-order valence-corrected chi connectivity index (χ0v) is 17.1. The lowest BCUT2D eigenvalue weighted by atomic mass is 9.88. The molecule has 0 spiro atoms. The van der Waals surface area contributed by atoms with Gasteiger partial charge in [0, 0.05) is 24.0 Å². The van der Waals surface area contributed by atoms with Crippen LogP contribution in [0.1, 0.15) is 58.4 Å². The highest BCUT2D eigenvalue weighted by atomic mass is 35.5. The van der Waals surface area contributed by atoms with Crippen LogP contribution in [0.2, 0.25) is 5.02 Å². The van der Waals surface area contributed by atoms with Gasteiger partial charge in [0.05, 0.1) is 0 Å². The van der Waals surface area contributed by atoms with Crippen LogP contribution in [0.4, 0.5) is 0 Å². The number of piperidine rings is 1. The number of amides is 2. The number of carbonyl (C=O) groups is 2. The highest BCUT2D eigenvalue weighted by Gasteiger charge is 2.32. The summed E-state index contributed by atoms with van der Waals surface area (Å²) in [6.45, 7) is 9.26. The standard InChI is InChI=1S/C21H31ClN2O2/c1-5-15(4)19(23-20(25)14(2)3)21(26)24-12-10-17(11-13-24)16-6-8-18(22)9-7-16/h6-9,14-15,17,19H,5,10-13H2,1-4H3,(H,23,25)/t15?,19-/m1/s1. The monoisotopic (exact) mass is 378 g/mol. The van der Waals surface area contributed by atoms with Gasteiger partial charge in [-0.05, 0) is 42.4 Å². The molecule has 1 N–H and O–H groups in total. The van der Waals surface area contributed by atoms with E-state index in [1.54, 1.807) is 0 Å². The van der Waals surface area contributed by atoms with Crippen LogP contribution < -0.4 is 5.32 Å². The number of hydrogen-bond donors (Lipinski definition) is 1. The van der Waals surface area contributed by atoms with Crippen LogP contribution in [0.25, 0.3) is 0 Å². The molecular formula is C21H31ClN2O2. The van der Waals surface area contributed by atoms with Crippen molar-refractivity contribution in [2.75, 3.05) is 13.1 Å². The van der Waals surface area contributed by atoms with Crippen molar-refractivity contribution in [3.8, 4) is 0 Å². The predicted molar refractivity (Wildman–Crippen MR) is 106 cm³/mol. The van der Waals surface area contributed by atoms with Gasteiger partial charge in [0.2, 0.25) is 11.8 Å². The fourth-order valence-electron chi connectivity index (χ4n) is 3.37. The summed E-state index contributed by atoms with van der Waals surface area (Å²) in [6.07, 6.45) is 2.74. The van der Waals surface area contributed by atoms with Crippen LogP contribution in [0.15, 0.2) is 24.3 Å². The van der Waals surface area contributed by atoms with Crippen LogP contribution in [0, 0.1) is 11.8 Å². The molecule has 1 unspecified atom stereocenters. The Morgan fingerprint density at radius 2 is 1.73 bits per heavy atom. The summed E-state index contributed by atoms with van der Waals surface area (Å²) < 4.78 is 0. The Bertz CT molecular complexity index is 607. The molecule has 1 aliphatic heterocycles. The maximum absolute atomic E-state index is 13.0. The van der Waals surface area contributed by atoms with E-state index in [4.69, 9.17) is 11.6 Å². The molecule has 0 aliphatic carbocycles. The van der Waals surface area contributed by atoms with E-state index in [-0.39, 0.29) is 23.7 Å². The van der Waals surface area contributed by atoms with Gasteiger partial charge in [-0.1, -0.05) is 57.8 Å². The predicted octanol–water partition coefficient (Wildman–Crippen LogP) is 4.23. The summed E-state index contributed by atoms with van der Waals surface area (Å²) in [5, 5.41) is 3.72. The Labute approximate surface area is 162 Å². The smallest absolute Gasteiger partial charge is 0.245 e. The molecule has 0 bridgehead atoms. The zero-order valence-electron chi connectivity index (χ0n) is 16.3. The SMILES string of the molecule is CCC(C)[C@@H](NC(=O)C(C)C)C(=O)N1CCC(c2ccc(Cl)cc2)CC1. The minimum Gasteiger partial charge on any atom is -0.344 e. The Morgan fingerprint density at radius 3 is 2.23 bits per heavy atom. The van der Waals surface area contributed by atoms with E-state index < -0.39 is 6.04 Å². The van der Waals surface area contributed by atoms with Gasteiger partial charge in [0.25, 0.3) is 0 Å². The number of nitrogens with one attached hydrogen (secondary N) is 1. The van der Waals surface area contributed by atoms with E-state index in [0.717, 1.165) is 37.4 Å². The van der Waals surface area contributed by atoms with Gasteiger partial charge < -0.3 is 10.2 Å². The number of nitrogens with zero attached hydrogens (tertiary/aromatic N) is 1. The summed E-state index contributed by atoms with van der Waals surface area (Å²) in [7, 11) is 0. The minimum atomic E-state index is -0.429. The molecule has 0 saturated carbocycles. The summed E-state index contributed by atoms with van der Waals surface area (Å²) in [5.74, 6) is 0.468. The zero-order chi connectivity index (χ0) is 19.3. The number of halogens is 1. The Kier molecular flexibility index (Phi) is 7.51. The van der Waals surface area contributed by atoms with Gasteiger partial charge in [-0.2, -0.15) is 0 Å². The topological polar surface area (TPSA) is 49.4 Å². The molecule has 26 heavy (non-hydrogen) atoms. The average molecular weight is 379 g/mol. The number of carbonyl (C=O) groups excluding carboxylic acids is 2. The van der Waals surface area contributed by atoms with Crippen molar-refractivity contribution in [3.05, 3.63) is 34.9 Å². The van der Waals surface area contributed by atoms with Crippen LogP contribution in [-0.2, 0) is 9.59 Å². The molecule has 0 radical (unpaired) electrons. The van der Waals surface area contributed by atoms with Crippen molar-refractivity contribution in [2.45, 2.75) is 58.9 Å². The molecule has 1 aromatic rings. The summed E-state index contributed by atoms with van der Waals surface area (Å²) in [6, 6.07) is 7.58. The second kappa shape index (κ2) is 9.40. The fraction of sp³-hybridized carbons (Fsp3) is 0.619. The first-order valence-electron chi connectivity index (χ1n) is 9.68. The van der Waals surface area contributed by atoms with E-state index in [0.29, 0.717) is 5.92 Å². The lowest BCUT2D eigenvalue weighted by Gasteiger charge is -2.36. The molecule has 5 heteroatoms. The molecular weight excluding hydrogens is 348 g/mol. The highest BCUT2D eigenvalue weighted by Crippen LogP contribution is 2.29. The second-order valence-electron chi connectivity index (χ2n) is 7.68. The first-order valence-corrected chi connectivity index (χ1v) is 10.1. The van der Waals surface area contributed by atoms with Gasteiger partial charge in [0.15, 0.2) is 0 Å². The van der Waals surface area contributed by atoms with Gasteiger partial charge in [-0.25, -0.2) is 0 Å². The molecule has 2 rings (SSSR count).